The van der Waals surface area contributed by atoms with Gasteiger partial charge in [-0.1, -0.05) is 54.3 Å². The number of ether oxygens (including phenoxy) is 1. The van der Waals surface area contributed by atoms with Gasteiger partial charge in [-0.2, -0.15) is 0 Å². The van der Waals surface area contributed by atoms with E-state index in [9.17, 15) is 19.7 Å². The molecule has 0 amide bonds. The number of non-ortho nitro benzene ring substituents is 1. The Kier molecular flexibility index (Phi) is 6.14. The van der Waals surface area contributed by atoms with Gasteiger partial charge in [-0.05, 0) is 36.3 Å². The average Bonchev–Trinajstić information content (AvgIpc) is 3.11. The van der Waals surface area contributed by atoms with Crippen LogP contribution in [0, 0.1) is 10.1 Å². The molecular formula is C24H19N3O5S. The summed E-state index contributed by atoms with van der Waals surface area (Å²) >= 11 is 1.19. The summed E-state index contributed by atoms with van der Waals surface area (Å²) in [6.07, 6.45) is 3.13. The molecule has 2 heterocycles. The van der Waals surface area contributed by atoms with E-state index in [-0.39, 0.29) is 23.4 Å². The number of nitrogens with zero attached hydrogens (tertiary/aromatic N) is 3. The van der Waals surface area contributed by atoms with Gasteiger partial charge in [0.15, 0.2) is 4.80 Å². The number of carbonyl (C=O) groups is 1. The molecule has 0 saturated carbocycles. The van der Waals surface area contributed by atoms with E-state index in [4.69, 9.17) is 4.74 Å². The highest BCUT2D eigenvalue weighted by Crippen LogP contribution is 2.30. The molecule has 4 rings (SSSR count). The van der Waals surface area contributed by atoms with Crippen molar-refractivity contribution in [2.45, 2.75) is 13.0 Å². The van der Waals surface area contributed by atoms with Crippen LogP contribution in [0.25, 0.3) is 6.08 Å². The Hall–Kier alpha value is -4.11. The lowest BCUT2D eigenvalue weighted by atomic mass is 9.96. The zero-order valence-corrected chi connectivity index (χ0v) is 18.5. The van der Waals surface area contributed by atoms with Crippen LogP contribution in [0.5, 0.6) is 0 Å². The molecule has 1 aliphatic heterocycles. The van der Waals surface area contributed by atoms with E-state index in [0.29, 0.717) is 20.6 Å². The second-order valence-electron chi connectivity index (χ2n) is 7.23. The first kappa shape index (κ1) is 22.1. The van der Waals surface area contributed by atoms with Gasteiger partial charge >= 0.3 is 5.97 Å². The molecular weight excluding hydrogens is 442 g/mol. The van der Waals surface area contributed by atoms with Crippen molar-refractivity contribution >= 4 is 29.1 Å². The number of allylic oxidation sites excluding steroid dienone is 1. The number of esters is 1. The number of aromatic nitrogens is 1. The Bertz CT molecular complexity index is 1450. The molecule has 0 saturated heterocycles. The van der Waals surface area contributed by atoms with Crippen LogP contribution in [0.2, 0.25) is 0 Å². The maximum absolute atomic E-state index is 13.4. The molecule has 0 radical (unpaired) electrons. The number of fused-ring (bicyclic) bond motifs is 1. The van der Waals surface area contributed by atoms with E-state index < -0.39 is 16.9 Å². The lowest BCUT2D eigenvalue weighted by Gasteiger charge is -2.24. The van der Waals surface area contributed by atoms with E-state index in [2.05, 4.69) is 11.6 Å². The molecule has 0 unspecified atom stereocenters. The predicted molar refractivity (Wildman–Crippen MR) is 124 cm³/mol. The Balaban J connectivity index is 1.88. The summed E-state index contributed by atoms with van der Waals surface area (Å²) in [6, 6.07) is 14.4. The number of rotatable bonds is 6. The fourth-order valence-corrected chi connectivity index (χ4v) is 4.64. The minimum Gasteiger partial charge on any atom is -0.458 e. The molecule has 1 atom stereocenters. The highest BCUT2D eigenvalue weighted by Gasteiger charge is 2.33. The largest absolute Gasteiger partial charge is 0.458 e. The minimum absolute atomic E-state index is 0.0315. The maximum Gasteiger partial charge on any atom is 0.338 e. The van der Waals surface area contributed by atoms with Gasteiger partial charge in [-0.25, -0.2) is 9.79 Å². The van der Waals surface area contributed by atoms with Gasteiger partial charge in [0.2, 0.25) is 0 Å². The van der Waals surface area contributed by atoms with Crippen molar-refractivity contribution in [1.29, 1.82) is 0 Å². The Morgan fingerprint density at radius 3 is 2.58 bits per heavy atom. The van der Waals surface area contributed by atoms with Gasteiger partial charge in [-0.3, -0.25) is 19.5 Å². The number of hydrogen-bond donors (Lipinski definition) is 0. The summed E-state index contributed by atoms with van der Waals surface area (Å²) in [7, 11) is 0. The zero-order chi connectivity index (χ0) is 23.5. The molecule has 8 nitrogen and oxygen atoms in total. The highest BCUT2D eigenvalue weighted by molar-refractivity contribution is 7.07. The molecule has 0 spiro atoms. The fraction of sp³-hybridized carbons (Fsp3) is 0.125. The molecule has 0 bridgehead atoms. The third-order valence-electron chi connectivity index (χ3n) is 5.09. The van der Waals surface area contributed by atoms with Crippen LogP contribution in [-0.2, 0) is 9.53 Å². The van der Waals surface area contributed by atoms with Gasteiger partial charge in [0, 0.05) is 12.1 Å². The maximum atomic E-state index is 13.4. The lowest BCUT2D eigenvalue weighted by Crippen LogP contribution is -2.39. The average molecular weight is 461 g/mol. The predicted octanol–water partition coefficient (Wildman–Crippen LogP) is 2.87. The quantitative estimate of drug-likeness (QED) is 0.243. The summed E-state index contributed by atoms with van der Waals surface area (Å²) in [5.74, 6) is -0.561. The number of nitro benzene ring substituents is 1. The molecule has 9 heteroatoms. The van der Waals surface area contributed by atoms with E-state index in [0.717, 1.165) is 5.56 Å². The van der Waals surface area contributed by atoms with Crippen LogP contribution in [-0.4, -0.2) is 22.1 Å². The third kappa shape index (κ3) is 4.31. The molecule has 33 heavy (non-hydrogen) atoms. The molecule has 0 N–H and O–H groups in total. The van der Waals surface area contributed by atoms with Gasteiger partial charge < -0.3 is 4.74 Å². The van der Waals surface area contributed by atoms with Crippen LogP contribution in [0.3, 0.4) is 0 Å². The normalized spacial score (nSPS) is 15.5. The van der Waals surface area contributed by atoms with Crippen molar-refractivity contribution < 1.29 is 14.5 Å². The second kappa shape index (κ2) is 9.17. The first-order valence-corrected chi connectivity index (χ1v) is 10.8. The van der Waals surface area contributed by atoms with E-state index in [1.807, 2.05) is 30.3 Å². The number of benzene rings is 2. The summed E-state index contributed by atoms with van der Waals surface area (Å²) in [5.41, 5.74) is 1.81. The Morgan fingerprint density at radius 2 is 1.94 bits per heavy atom. The van der Waals surface area contributed by atoms with Crippen molar-refractivity contribution in [1.82, 2.24) is 4.57 Å². The molecule has 0 fully saturated rings. The van der Waals surface area contributed by atoms with Crippen molar-refractivity contribution in [3.63, 3.8) is 0 Å². The Morgan fingerprint density at radius 1 is 1.24 bits per heavy atom. The standard InChI is InChI=1S/C24H19N3O5S/c1-3-13-32-23(29)20-15(2)25-24-26(21(20)17-7-5-4-6-8-17)22(28)19(33-24)14-16-9-11-18(12-10-16)27(30)31/h3-12,14,21H,1,13H2,2H3/b19-14+/t21-/m1/s1. The third-order valence-corrected chi connectivity index (χ3v) is 6.07. The number of nitro groups is 1. The van der Waals surface area contributed by atoms with Crippen molar-refractivity contribution in [3.05, 3.63) is 119 Å². The molecule has 3 aromatic rings. The molecule has 0 aliphatic carbocycles. The first-order valence-electron chi connectivity index (χ1n) is 10.0. The molecule has 166 valence electrons. The van der Waals surface area contributed by atoms with Gasteiger partial charge in [0.05, 0.1) is 26.8 Å². The van der Waals surface area contributed by atoms with Crippen molar-refractivity contribution in [2.75, 3.05) is 6.61 Å². The number of thiazole rings is 1. The van der Waals surface area contributed by atoms with Crippen LogP contribution < -0.4 is 14.9 Å². The minimum atomic E-state index is -0.696. The van der Waals surface area contributed by atoms with Crippen LogP contribution in [0.15, 0.2) is 88.3 Å². The number of hydrogen-bond acceptors (Lipinski definition) is 7. The van der Waals surface area contributed by atoms with E-state index in [1.165, 1.54) is 34.1 Å². The van der Waals surface area contributed by atoms with Gasteiger partial charge in [-0.15, -0.1) is 0 Å². The molecule has 2 aromatic carbocycles. The number of carbonyl (C=O) groups excluding carboxylic acids is 1. The monoisotopic (exact) mass is 461 g/mol. The summed E-state index contributed by atoms with van der Waals surface area (Å²) in [6.45, 7) is 5.33. The van der Waals surface area contributed by atoms with Crippen LogP contribution >= 0.6 is 11.3 Å². The molecule has 1 aliphatic rings. The van der Waals surface area contributed by atoms with E-state index >= 15 is 0 Å². The van der Waals surface area contributed by atoms with Crippen LogP contribution in [0.4, 0.5) is 5.69 Å². The smallest absolute Gasteiger partial charge is 0.338 e. The summed E-state index contributed by atoms with van der Waals surface area (Å²) in [5, 5.41) is 10.9. The van der Waals surface area contributed by atoms with Crippen LogP contribution in [0.1, 0.15) is 24.1 Å². The fourth-order valence-electron chi connectivity index (χ4n) is 3.59. The van der Waals surface area contributed by atoms with Gasteiger partial charge in [0.25, 0.3) is 11.2 Å². The Labute approximate surface area is 192 Å². The van der Waals surface area contributed by atoms with Gasteiger partial charge in [0.1, 0.15) is 6.61 Å². The topological polar surface area (TPSA) is 104 Å². The van der Waals surface area contributed by atoms with E-state index in [1.54, 1.807) is 25.1 Å². The van der Waals surface area contributed by atoms with Crippen molar-refractivity contribution in [3.8, 4) is 0 Å². The first-order chi connectivity index (χ1) is 15.9. The second-order valence-corrected chi connectivity index (χ2v) is 8.24. The van der Waals surface area contributed by atoms with Crippen molar-refractivity contribution in [2.24, 2.45) is 4.99 Å². The summed E-state index contributed by atoms with van der Waals surface area (Å²) < 4.78 is 7.19. The molecule has 1 aromatic heterocycles. The summed E-state index contributed by atoms with van der Waals surface area (Å²) in [4.78, 5) is 41.7. The SMILES string of the molecule is C=CCOC(=O)C1=C(C)N=c2s/c(=C/c3ccc([N+](=O)[O-])cc3)c(=O)n2[C@@H]1c1ccccc1. The highest BCUT2D eigenvalue weighted by atomic mass is 32.1. The lowest BCUT2D eigenvalue weighted by molar-refractivity contribution is -0.384. The zero-order valence-electron chi connectivity index (χ0n) is 17.6.